The first-order valence-corrected chi connectivity index (χ1v) is 9.32. The fourth-order valence-electron chi connectivity index (χ4n) is 3.97. The van der Waals surface area contributed by atoms with Gasteiger partial charge in [-0.05, 0) is 54.6 Å². The molecule has 0 saturated carbocycles. The molecule has 1 aromatic heterocycles. The van der Waals surface area contributed by atoms with Gasteiger partial charge in [0.2, 0.25) is 0 Å². The summed E-state index contributed by atoms with van der Waals surface area (Å²) in [4.78, 5) is 12.9. The van der Waals surface area contributed by atoms with Crippen molar-refractivity contribution in [2.75, 3.05) is 5.32 Å². The average Bonchev–Trinajstić information content (AvgIpc) is 3.40. The summed E-state index contributed by atoms with van der Waals surface area (Å²) in [5, 5.41) is 16.8. The van der Waals surface area contributed by atoms with Crippen molar-refractivity contribution in [2.45, 2.75) is 25.9 Å². The summed E-state index contributed by atoms with van der Waals surface area (Å²) in [5.41, 5.74) is 3.70. The van der Waals surface area contributed by atoms with Gasteiger partial charge in [-0.3, -0.25) is 4.79 Å². The van der Waals surface area contributed by atoms with Crippen molar-refractivity contribution in [3.8, 4) is 5.69 Å². The standard InChI is InChI=1S/C20H16BF2N3O3/c22-15-4-2-6-17(18(15)23)26-16-5-1-3-13(16)19(25-26)20(27)24-12-7-8-14-11(9-12)10-29-21(14)28/h2,4,6-9,28H,1,3,5,10H2,(H,24,27). The minimum atomic E-state index is -0.992. The number of fused-ring (bicyclic) bond motifs is 2. The minimum absolute atomic E-state index is 0.00846. The van der Waals surface area contributed by atoms with Gasteiger partial charge < -0.3 is 15.0 Å². The van der Waals surface area contributed by atoms with Crippen molar-refractivity contribution < 1.29 is 23.3 Å². The van der Waals surface area contributed by atoms with Crippen LogP contribution in [0.5, 0.6) is 0 Å². The number of anilines is 1. The van der Waals surface area contributed by atoms with E-state index >= 15 is 0 Å². The molecule has 5 rings (SSSR count). The molecule has 6 nitrogen and oxygen atoms in total. The molecule has 146 valence electrons. The summed E-state index contributed by atoms with van der Waals surface area (Å²) in [7, 11) is -0.949. The molecule has 0 atom stereocenters. The quantitative estimate of drug-likeness (QED) is 0.667. The smallest absolute Gasteiger partial charge is 0.423 e. The number of nitrogens with one attached hydrogen (secondary N) is 1. The number of hydrogen-bond donors (Lipinski definition) is 2. The zero-order valence-electron chi connectivity index (χ0n) is 15.3. The molecular formula is C20H16BF2N3O3. The maximum atomic E-state index is 14.3. The summed E-state index contributed by atoms with van der Waals surface area (Å²) in [6.07, 6.45) is 2.11. The summed E-state index contributed by atoms with van der Waals surface area (Å²) in [6.45, 7) is 0.267. The van der Waals surface area contributed by atoms with Crippen LogP contribution in [0, 0.1) is 11.6 Å². The molecule has 2 aliphatic rings. The monoisotopic (exact) mass is 395 g/mol. The first kappa shape index (κ1) is 18.0. The van der Waals surface area contributed by atoms with Crippen LogP contribution in [0.4, 0.5) is 14.5 Å². The zero-order valence-corrected chi connectivity index (χ0v) is 15.3. The van der Waals surface area contributed by atoms with Gasteiger partial charge in [0.1, 0.15) is 5.69 Å². The average molecular weight is 395 g/mol. The van der Waals surface area contributed by atoms with Crippen LogP contribution in [-0.4, -0.2) is 27.8 Å². The third-order valence-electron chi connectivity index (χ3n) is 5.37. The van der Waals surface area contributed by atoms with Gasteiger partial charge in [-0.25, -0.2) is 13.5 Å². The lowest BCUT2D eigenvalue weighted by Crippen LogP contribution is -2.28. The lowest BCUT2D eigenvalue weighted by Gasteiger charge is -2.08. The van der Waals surface area contributed by atoms with Gasteiger partial charge in [0, 0.05) is 16.9 Å². The van der Waals surface area contributed by atoms with Crippen LogP contribution in [0.3, 0.4) is 0 Å². The van der Waals surface area contributed by atoms with E-state index in [2.05, 4.69) is 10.4 Å². The number of hydrogen-bond acceptors (Lipinski definition) is 4. The maximum Gasteiger partial charge on any atom is 0.491 e. The molecule has 2 heterocycles. The van der Waals surface area contributed by atoms with E-state index in [1.165, 1.54) is 16.8 Å². The third kappa shape index (κ3) is 2.94. The van der Waals surface area contributed by atoms with Crippen molar-refractivity contribution in [3.63, 3.8) is 0 Å². The highest BCUT2D eigenvalue weighted by molar-refractivity contribution is 6.61. The number of halogens is 2. The van der Waals surface area contributed by atoms with Gasteiger partial charge in [-0.2, -0.15) is 5.10 Å². The molecule has 0 radical (unpaired) electrons. The number of amides is 1. The van der Waals surface area contributed by atoms with Crippen LogP contribution in [0.2, 0.25) is 0 Å². The van der Waals surface area contributed by atoms with Gasteiger partial charge in [-0.15, -0.1) is 0 Å². The zero-order chi connectivity index (χ0) is 20.1. The van der Waals surface area contributed by atoms with E-state index in [1.807, 2.05) is 0 Å². The second kappa shape index (κ2) is 6.79. The fraction of sp³-hybridized carbons (Fsp3) is 0.200. The third-order valence-corrected chi connectivity index (χ3v) is 5.37. The fourth-order valence-corrected chi connectivity index (χ4v) is 3.97. The van der Waals surface area contributed by atoms with Crippen LogP contribution in [0.1, 0.15) is 33.7 Å². The van der Waals surface area contributed by atoms with Gasteiger partial charge in [0.15, 0.2) is 17.3 Å². The molecule has 3 aromatic rings. The van der Waals surface area contributed by atoms with Crippen LogP contribution < -0.4 is 10.8 Å². The molecule has 0 unspecified atom stereocenters. The molecule has 0 saturated heterocycles. The molecule has 29 heavy (non-hydrogen) atoms. The number of carbonyl (C=O) groups is 1. The van der Waals surface area contributed by atoms with E-state index in [0.29, 0.717) is 24.0 Å². The molecule has 2 aromatic carbocycles. The minimum Gasteiger partial charge on any atom is -0.423 e. The Morgan fingerprint density at radius 2 is 2.10 bits per heavy atom. The van der Waals surface area contributed by atoms with Crippen molar-refractivity contribution in [3.05, 3.63) is 70.5 Å². The predicted octanol–water partition coefficient (Wildman–Crippen LogP) is 2.11. The molecular weight excluding hydrogens is 379 g/mol. The van der Waals surface area contributed by atoms with Crippen molar-refractivity contribution in [1.82, 2.24) is 9.78 Å². The second-order valence-corrected chi connectivity index (χ2v) is 7.14. The number of benzene rings is 2. The van der Waals surface area contributed by atoms with E-state index < -0.39 is 24.7 Å². The number of nitrogens with zero attached hydrogens (tertiary/aromatic N) is 2. The largest absolute Gasteiger partial charge is 0.491 e. The highest BCUT2D eigenvalue weighted by Gasteiger charge is 2.30. The molecule has 9 heteroatoms. The van der Waals surface area contributed by atoms with Crippen LogP contribution >= 0.6 is 0 Å². The molecule has 0 bridgehead atoms. The molecule has 1 aliphatic heterocycles. The van der Waals surface area contributed by atoms with Crippen molar-refractivity contribution in [1.29, 1.82) is 0 Å². The van der Waals surface area contributed by atoms with E-state index in [4.69, 9.17) is 4.65 Å². The Balaban J connectivity index is 1.49. The van der Waals surface area contributed by atoms with Crippen molar-refractivity contribution >= 4 is 24.2 Å². The van der Waals surface area contributed by atoms with Crippen LogP contribution in [-0.2, 0) is 24.1 Å². The highest BCUT2D eigenvalue weighted by Crippen LogP contribution is 2.29. The first-order valence-electron chi connectivity index (χ1n) is 9.32. The van der Waals surface area contributed by atoms with Crippen LogP contribution in [0.25, 0.3) is 5.69 Å². The number of rotatable bonds is 3. The van der Waals surface area contributed by atoms with E-state index in [1.54, 1.807) is 18.2 Å². The van der Waals surface area contributed by atoms with Crippen molar-refractivity contribution in [2.24, 2.45) is 0 Å². The molecule has 1 amide bonds. The van der Waals surface area contributed by atoms with Crippen LogP contribution in [0.15, 0.2) is 36.4 Å². The normalized spacial score (nSPS) is 14.8. The number of carbonyl (C=O) groups excluding carboxylic acids is 1. The Kier molecular flexibility index (Phi) is 4.22. The highest BCUT2D eigenvalue weighted by atomic mass is 19.2. The van der Waals surface area contributed by atoms with Gasteiger partial charge in [0.25, 0.3) is 5.91 Å². The van der Waals surface area contributed by atoms with E-state index in [0.717, 1.165) is 29.3 Å². The van der Waals surface area contributed by atoms with E-state index in [-0.39, 0.29) is 18.0 Å². The Morgan fingerprint density at radius 1 is 1.24 bits per heavy atom. The summed E-state index contributed by atoms with van der Waals surface area (Å²) < 4.78 is 34.5. The number of aromatic nitrogens is 2. The predicted molar refractivity (Wildman–Crippen MR) is 102 cm³/mol. The van der Waals surface area contributed by atoms with Gasteiger partial charge in [0.05, 0.1) is 6.61 Å². The lowest BCUT2D eigenvalue weighted by atomic mass is 9.79. The SMILES string of the molecule is O=C(Nc1ccc2c(c1)COB2O)c1nn(-c2cccc(F)c2F)c2c1CCC2. The maximum absolute atomic E-state index is 14.3. The summed E-state index contributed by atoms with van der Waals surface area (Å²) in [5.74, 6) is -2.37. The Labute approximate surface area is 165 Å². The molecule has 2 N–H and O–H groups in total. The molecule has 0 spiro atoms. The van der Waals surface area contributed by atoms with E-state index in [9.17, 15) is 18.6 Å². The summed E-state index contributed by atoms with van der Waals surface area (Å²) >= 11 is 0. The summed E-state index contributed by atoms with van der Waals surface area (Å²) in [6, 6.07) is 9.03. The Hall–Kier alpha value is -3.04. The Morgan fingerprint density at radius 3 is 2.97 bits per heavy atom. The Bertz CT molecular complexity index is 1150. The first-order chi connectivity index (χ1) is 14.0. The lowest BCUT2D eigenvalue weighted by molar-refractivity contribution is 0.102. The molecule has 1 aliphatic carbocycles. The molecule has 0 fully saturated rings. The van der Waals surface area contributed by atoms with Gasteiger partial charge in [-0.1, -0.05) is 12.1 Å². The van der Waals surface area contributed by atoms with Gasteiger partial charge >= 0.3 is 7.12 Å². The second-order valence-electron chi connectivity index (χ2n) is 7.14. The topological polar surface area (TPSA) is 76.4 Å².